The van der Waals surface area contributed by atoms with Crippen LogP contribution in [0.5, 0.6) is 0 Å². The van der Waals surface area contributed by atoms with Gasteiger partial charge in [-0.3, -0.25) is 0 Å². The van der Waals surface area contributed by atoms with E-state index in [0.29, 0.717) is 11.5 Å². The minimum absolute atomic E-state index is 0.305. The van der Waals surface area contributed by atoms with E-state index in [4.69, 9.17) is 4.74 Å². The fraction of sp³-hybridized carbons (Fsp3) is 0.625. The van der Waals surface area contributed by atoms with Crippen LogP contribution in [0.2, 0.25) is 0 Å². The molecule has 92 valence electrons. The Bertz CT molecular complexity index is 413. The monoisotopic (exact) mass is 230 g/mol. The van der Waals surface area contributed by atoms with Gasteiger partial charge in [-0.25, -0.2) is 0 Å². The van der Waals surface area contributed by atoms with E-state index in [1.165, 1.54) is 49.0 Å². The van der Waals surface area contributed by atoms with Crippen molar-refractivity contribution < 1.29 is 4.74 Å². The molecule has 0 radical (unpaired) electrons. The maximum absolute atomic E-state index is 6.19. The Balaban J connectivity index is 1.86. The number of fused-ring (bicyclic) bond motifs is 2. The van der Waals surface area contributed by atoms with Gasteiger partial charge in [0.1, 0.15) is 0 Å². The third-order valence-corrected chi connectivity index (χ3v) is 4.51. The summed E-state index contributed by atoms with van der Waals surface area (Å²) in [7, 11) is 0. The lowest BCUT2D eigenvalue weighted by Crippen LogP contribution is -2.28. The Morgan fingerprint density at radius 2 is 2.29 bits per heavy atom. The average molecular weight is 230 g/mol. The number of rotatable bonds is 2. The molecule has 0 spiro atoms. The van der Waals surface area contributed by atoms with Crippen molar-refractivity contribution >= 4 is 0 Å². The molecule has 2 aliphatic carbocycles. The minimum atomic E-state index is 0.305. The van der Waals surface area contributed by atoms with Crippen LogP contribution in [0, 0.1) is 5.41 Å². The van der Waals surface area contributed by atoms with Crippen LogP contribution in [0.1, 0.15) is 52.4 Å². The lowest BCUT2D eigenvalue weighted by atomic mass is 9.71. The molecule has 1 nitrogen and oxygen atoms in total. The first-order chi connectivity index (χ1) is 8.23. The maximum Gasteiger partial charge on any atom is 0.0999 e. The van der Waals surface area contributed by atoms with E-state index >= 15 is 0 Å². The van der Waals surface area contributed by atoms with E-state index in [1.54, 1.807) is 0 Å². The highest BCUT2D eigenvalue weighted by molar-refractivity contribution is 5.50. The highest BCUT2D eigenvalue weighted by atomic mass is 16.5. The van der Waals surface area contributed by atoms with E-state index in [2.05, 4.69) is 32.1 Å². The topological polar surface area (TPSA) is 9.23 Å². The third-order valence-electron chi connectivity index (χ3n) is 4.51. The van der Waals surface area contributed by atoms with Gasteiger partial charge in [0.2, 0.25) is 0 Å². The molecule has 1 aliphatic heterocycles. The molecule has 1 heteroatoms. The van der Waals surface area contributed by atoms with Gasteiger partial charge in [-0.05, 0) is 36.8 Å². The predicted octanol–water partition coefficient (Wildman–Crippen LogP) is 4.52. The van der Waals surface area contributed by atoms with Crippen LogP contribution in [0.4, 0.5) is 0 Å². The fourth-order valence-corrected chi connectivity index (χ4v) is 3.47. The van der Waals surface area contributed by atoms with Crippen molar-refractivity contribution in [2.24, 2.45) is 5.41 Å². The summed E-state index contributed by atoms with van der Waals surface area (Å²) >= 11 is 0. The Morgan fingerprint density at radius 1 is 1.41 bits per heavy atom. The molecule has 3 aliphatic rings. The largest absolute Gasteiger partial charge is 0.494 e. The summed E-state index contributed by atoms with van der Waals surface area (Å²) < 4.78 is 6.19. The summed E-state index contributed by atoms with van der Waals surface area (Å²) in [6.07, 6.45) is 14.6. The summed E-state index contributed by atoms with van der Waals surface area (Å²) in [5.41, 5.74) is 3.37. The smallest absolute Gasteiger partial charge is 0.0999 e. The molecule has 0 fully saturated rings. The van der Waals surface area contributed by atoms with Crippen LogP contribution >= 0.6 is 0 Å². The van der Waals surface area contributed by atoms with Gasteiger partial charge in [0.25, 0.3) is 0 Å². The molecule has 0 aromatic rings. The maximum atomic E-state index is 6.19. The first-order valence-electron chi connectivity index (χ1n) is 7.02. The number of allylic oxidation sites excluding steroid dienone is 6. The van der Waals surface area contributed by atoms with Crippen molar-refractivity contribution in [3.8, 4) is 0 Å². The van der Waals surface area contributed by atoms with Gasteiger partial charge in [-0.1, -0.05) is 38.5 Å². The SMILES string of the molecule is CCCC1CCC2=C(CC[C@@]3(C)C=CC=C23)O1. The Hall–Kier alpha value is -0.980. The highest BCUT2D eigenvalue weighted by Gasteiger charge is 2.38. The van der Waals surface area contributed by atoms with Gasteiger partial charge in [0.15, 0.2) is 0 Å². The van der Waals surface area contributed by atoms with E-state index < -0.39 is 0 Å². The zero-order chi connectivity index (χ0) is 11.9. The van der Waals surface area contributed by atoms with Crippen LogP contribution in [-0.4, -0.2) is 6.10 Å². The molecule has 1 unspecified atom stereocenters. The Kier molecular flexibility index (Phi) is 2.65. The van der Waals surface area contributed by atoms with Gasteiger partial charge in [-0.15, -0.1) is 0 Å². The summed E-state index contributed by atoms with van der Waals surface area (Å²) in [5, 5.41) is 0. The lowest BCUT2D eigenvalue weighted by Gasteiger charge is -2.39. The van der Waals surface area contributed by atoms with Crippen LogP contribution in [0.25, 0.3) is 0 Å². The standard InChI is InChI=1S/C16H22O/c1-3-5-12-7-8-13-14-6-4-10-16(14,2)11-9-15(13)17-12/h4,6,10,12H,3,5,7-9,11H2,1-2H3/t12?,16-/m1/s1. The van der Waals surface area contributed by atoms with Crippen LogP contribution in [-0.2, 0) is 4.74 Å². The summed E-state index contributed by atoms with van der Waals surface area (Å²) in [6, 6.07) is 0. The molecule has 0 N–H and O–H groups in total. The van der Waals surface area contributed by atoms with Crippen molar-refractivity contribution in [2.45, 2.75) is 58.5 Å². The van der Waals surface area contributed by atoms with E-state index in [-0.39, 0.29) is 0 Å². The van der Waals surface area contributed by atoms with E-state index in [0.717, 1.165) is 6.42 Å². The zero-order valence-electron chi connectivity index (χ0n) is 11.0. The van der Waals surface area contributed by atoms with Crippen molar-refractivity contribution in [1.29, 1.82) is 0 Å². The van der Waals surface area contributed by atoms with Crippen LogP contribution < -0.4 is 0 Å². The van der Waals surface area contributed by atoms with Gasteiger partial charge in [-0.2, -0.15) is 0 Å². The van der Waals surface area contributed by atoms with Crippen LogP contribution in [0.3, 0.4) is 0 Å². The van der Waals surface area contributed by atoms with Crippen molar-refractivity contribution in [1.82, 2.24) is 0 Å². The highest BCUT2D eigenvalue weighted by Crippen LogP contribution is 2.50. The molecular formula is C16H22O. The number of ether oxygens (including phenoxy) is 1. The van der Waals surface area contributed by atoms with Crippen molar-refractivity contribution in [3.05, 3.63) is 35.1 Å². The molecule has 0 bridgehead atoms. The normalized spacial score (nSPS) is 35.2. The molecule has 0 aromatic heterocycles. The second kappa shape index (κ2) is 4.04. The molecule has 0 saturated heterocycles. The molecule has 1 heterocycles. The molecule has 3 rings (SSSR count). The quantitative estimate of drug-likeness (QED) is 0.678. The summed E-state index contributed by atoms with van der Waals surface area (Å²) in [6.45, 7) is 4.61. The zero-order valence-corrected chi connectivity index (χ0v) is 11.0. The second-order valence-electron chi connectivity index (χ2n) is 5.83. The first-order valence-corrected chi connectivity index (χ1v) is 7.02. The van der Waals surface area contributed by atoms with E-state index in [9.17, 15) is 0 Å². The molecular weight excluding hydrogens is 208 g/mol. The molecule has 0 aromatic carbocycles. The van der Waals surface area contributed by atoms with Crippen molar-refractivity contribution in [2.75, 3.05) is 0 Å². The van der Waals surface area contributed by atoms with Gasteiger partial charge in [0.05, 0.1) is 11.9 Å². The fourth-order valence-electron chi connectivity index (χ4n) is 3.47. The minimum Gasteiger partial charge on any atom is -0.494 e. The second-order valence-corrected chi connectivity index (χ2v) is 5.83. The number of hydrogen-bond acceptors (Lipinski definition) is 1. The van der Waals surface area contributed by atoms with E-state index in [1.807, 2.05) is 0 Å². The molecule has 0 amide bonds. The summed E-state index contributed by atoms with van der Waals surface area (Å²) in [5.74, 6) is 1.31. The molecule has 0 saturated carbocycles. The molecule has 17 heavy (non-hydrogen) atoms. The first kappa shape index (κ1) is 11.1. The van der Waals surface area contributed by atoms with Gasteiger partial charge < -0.3 is 4.74 Å². The van der Waals surface area contributed by atoms with Crippen LogP contribution in [0.15, 0.2) is 35.1 Å². The van der Waals surface area contributed by atoms with Gasteiger partial charge >= 0.3 is 0 Å². The predicted molar refractivity (Wildman–Crippen MR) is 70.6 cm³/mol. The Labute approximate surface area is 104 Å². The summed E-state index contributed by atoms with van der Waals surface area (Å²) in [4.78, 5) is 0. The number of hydrogen-bond donors (Lipinski definition) is 0. The average Bonchev–Trinajstić information content (AvgIpc) is 2.71. The van der Waals surface area contributed by atoms with Crippen molar-refractivity contribution in [3.63, 3.8) is 0 Å². The van der Waals surface area contributed by atoms with Gasteiger partial charge in [0, 0.05) is 11.8 Å². The Morgan fingerprint density at radius 3 is 3.12 bits per heavy atom. The lowest BCUT2D eigenvalue weighted by molar-refractivity contribution is 0.0699. The third kappa shape index (κ3) is 1.76. The molecule has 2 atom stereocenters.